The van der Waals surface area contributed by atoms with E-state index >= 15 is 0 Å². The Morgan fingerprint density at radius 3 is 2.48 bits per heavy atom. The summed E-state index contributed by atoms with van der Waals surface area (Å²) in [6.07, 6.45) is -0.622. The molecule has 5 nitrogen and oxygen atoms in total. The highest BCUT2D eigenvalue weighted by atomic mass is 79.9. The van der Waals surface area contributed by atoms with Gasteiger partial charge in [0.15, 0.2) is 0 Å². The predicted molar refractivity (Wildman–Crippen MR) is 83.5 cm³/mol. The highest BCUT2D eigenvalue weighted by molar-refractivity contribution is 9.10. The molecule has 1 aromatic rings. The van der Waals surface area contributed by atoms with Gasteiger partial charge in [-0.2, -0.15) is 4.99 Å². The molecular weight excluding hydrogens is 338 g/mol. The molecule has 0 unspecified atom stereocenters. The molecule has 0 spiro atoms. The van der Waals surface area contributed by atoms with E-state index in [-0.39, 0.29) is 12.1 Å². The minimum absolute atomic E-state index is 0.00449. The van der Waals surface area contributed by atoms with E-state index in [0.717, 1.165) is 10.0 Å². The molecule has 0 aliphatic rings. The van der Waals surface area contributed by atoms with Crippen LogP contribution < -0.4 is 0 Å². The zero-order valence-corrected chi connectivity index (χ0v) is 14.1. The number of hydrogen-bond acceptors (Lipinski definition) is 4. The number of rotatable bonds is 3. The summed E-state index contributed by atoms with van der Waals surface area (Å²) in [5.41, 5.74) is 0.166. The number of aliphatic imine (C=N–C) groups is 1. The fourth-order valence-corrected chi connectivity index (χ4v) is 1.96. The quantitative estimate of drug-likeness (QED) is 0.614. The standard InChI is InChI=1S/C15H18BrNO4/c1-15(2,3)21-14(19)17-12(13(18)20-4)9-10-6-5-7-11(16)8-10/h5-8H,9H2,1-4H3. The van der Waals surface area contributed by atoms with Crippen molar-refractivity contribution in [3.8, 4) is 0 Å². The van der Waals surface area contributed by atoms with E-state index in [4.69, 9.17) is 4.74 Å². The van der Waals surface area contributed by atoms with Crippen molar-refractivity contribution in [1.29, 1.82) is 0 Å². The molecule has 0 bridgehead atoms. The third-order valence-electron chi connectivity index (χ3n) is 2.30. The lowest BCUT2D eigenvalue weighted by Crippen LogP contribution is -2.25. The van der Waals surface area contributed by atoms with Gasteiger partial charge in [0.25, 0.3) is 0 Å². The van der Waals surface area contributed by atoms with E-state index in [1.165, 1.54) is 7.11 Å². The maximum absolute atomic E-state index is 11.7. The molecule has 1 rings (SSSR count). The number of hydrogen-bond donors (Lipinski definition) is 0. The van der Waals surface area contributed by atoms with Gasteiger partial charge in [0.2, 0.25) is 0 Å². The van der Waals surface area contributed by atoms with Crippen molar-refractivity contribution in [2.24, 2.45) is 4.99 Å². The van der Waals surface area contributed by atoms with Crippen LogP contribution in [0.1, 0.15) is 26.3 Å². The molecule has 0 fully saturated rings. The predicted octanol–water partition coefficient (Wildman–Crippen LogP) is 3.54. The number of esters is 1. The molecule has 114 valence electrons. The van der Waals surface area contributed by atoms with Crippen LogP contribution in [0.4, 0.5) is 4.79 Å². The zero-order chi connectivity index (χ0) is 16.0. The molecule has 0 atom stereocenters. The summed E-state index contributed by atoms with van der Waals surface area (Å²) in [7, 11) is 1.24. The van der Waals surface area contributed by atoms with E-state index in [2.05, 4.69) is 25.7 Å². The van der Waals surface area contributed by atoms with Crippen LogP contribution >= 0.6 is 15.9 Å². The minimum atomic E-state index is -0.808. The van der Waals surface area contributed by atoms with Crippen LogP contribution in [0.2, 0.25) is 0 Å². The highest BCUT2D eigenvalue weighted by Crippen LogP contribution is 2.13. The summed E-state index contributed by atoms with van der Waals surface area (Å²) in [6, 6.07) is 7.37. The van der Waals surface area contributed by atoms with Crippen LogP contribution in [-0.2, 0) is 20.7 Å². The van der Waals surface area contributed by atoms with E-state index < -0.39 is 17.7 Å². The Labute approximate surface area is 132 Å². The van der Waals surface area contributed by atoms with Crippen LogP contribution in [0.5, 0.6) is 0 Å². The van der Waals surface area contributed by atoms with Crippen LogP contribution in [0.3, 0.4) is 0 Å². The van der Waals surface area contributed by atoms with E-state index in [1.54, 1.807) is 20.8 Å². The number of nitrogens with zero attached hydrogens (tertiary/aromatic N) is 1. The number of carbonyl (C=O) groups excluding carboxylic acids is 2. The fraction of sp³-hybridized carbons (Fsp3) is 0.400. The molecule has 1 aromatic carbocycles. The first kappa shape index (κ1) is 17.4. The van der Waals surface area contributed by atoms with Crippen molar-refractivity contribution in [3.63, 3.8) is 0 Å². The van der Waals surface area contributed by atoms with Gasteiger partial charge < -0.3 is 9.47 Å². The average molecular weight is 356 g/mol. The van der Waals surface area contributed by atoms with Gasteiger partial charge in [-0.1, -0.05) is 28.1 Å². The number of ether oxygens (including phenoxy) is 2. The van der Waals surface area contributed by atoms with Gasteiger partial charge in [0, 0.05) is 10.9 Å². The molecule has 21 heavy (non-hydrogen) atoms. The van der Waals surface area contributed by atoms with Gasteiger partial charge in [-0.25, -0.2) is 9.59 Å². The van der Waals surface area contributed by atoms with Crippen LogP contribution in [0.15, 0.2) is 33.7 Å². The van der Waals surface area contributed by atoms with Crippen LogP contribution in [0, 0.1) is 0 Å². The Morgan fingerprint density at radius 1 is 1.29 bits per heavy atom. The third-order valence-corrected chi connectivity index (χ3v) is 2.79. The normalized spacial score (nSPS) is 12.0. The Kier molecular flexibility index (Phi) is 6.08. The monoisotopic (exact) mass is 355 g/mol. The van der Waals surface area contributed by atoms with Crippen molar-refractivity contribution < 1.29 is 19.1 Å². The fourth-order valence-electron chi connectivity index (χ4n) is 1.51. The van der Waals surface area contributed by atoms with Gasteiger partial charge in [0.1, 0.15) is 11.3 Å². The molecule has 0 N–H and O–H groups in total. The maximum Gasteiger partial charge on any atom is 0.434 e. The maximum atomic E-state index is 11.7. The Balaban J connectivity index is 2.96. The number of amides is 1. The molecule has 0 saturated heterocycles. The SMILES string of the molecule is COC(=O)C(Cc1cccc(Br)c1)=NC(=O)OC(C)(C)C. The Morgan fingerprint density at radius 2 is 1.95 bits per heavy atom. The van der Waals surface area contributed by atoms with Crippen molar-refractivity contribution in [1.82, 2.24) is 0 Å². The molecule has 0 heterocycles. The van der Waals surface area contributed by atoms with Gasteiger partial charge in [0.05, 0.1) is 7.11 Å². The second-order valence-corrected chi connectivity index (χ2v) is 6.25. The first-order chi connectivity index (χ1) is 9.71. The third kappa shape index (κ3) is 6.53. The van der Waals surface area contributed by atoms with Crippen molar-refractivity contribution in [3.05, 3.63) is 34.3 Å². The van der Waals surface area contributed by atoms with E-state index in [1.807, 2.05) is 24.3 Å². The van der Waals surface area contributed by atoms with Crippen molar-refractivity contribution >= 4 is 33.7 Å². The first-order valence-electron chi connectivity index (χ1n) is 6.34. The number of methoxy groups -OCH3 is 1. The van der Waals surface area contributed by atoms with Crippen LogP contribution in [0.25, 0.3) is 0 Å². The highest BCUT2D eigenvalue weighted by Gasteiger charge is 2.19. The summed E-state index contributed by atoms with van der Waals surface area (Å²) in [5, 5.41) is 0. The summed E-state index contributed by atoms with van der Waals surface area (Å²) >= 11 is 3.35. The summed E-state index contributed by atoms with van der Waals surface area (Å²) in [6.45, 7) is 5.19. The molecule has 0 aliphatic carbocycles. The summed E-state index contributed by atoms with van der Waals surface area (Å²) in [5.74, 6) is -0.652. The van der Waals surface area contributed by atoms with E-state index in [9.17, 15) is 9.59 Å². The lowest BCUT2D eigenvalue weighted by molar-refractivity contribution is -0.132. The number of benzene rings is 1. The number of carbonyl (C=O) groups is 2. The molecule has 0 aliphatic heterocycles. The molecule has 0 aromatic heterocycles. The van der Waals surface area contributed by atoms with Gasteiger partial charge in [-0.15, -0.1) is 0 Å². The summed E-state index contributed by atoms with van der Waals surface area (Å²) < 4.78 is 10.6. The molecule has 0 saturated carbocycles. The zero-order valence-electron chi connectivity index (χ0n) is 12.5. The lowest BCUT2D eigenvalue weighted by atomic mass is 10.1. The Bertz CT molecular complexity index is 561. The van der Waals surface area contributed by atoms with Gasteiger partial charge >= 0.3 is 12.1 Å². The van der Waals surface area contributed by atoms with E-state index in [0.29, 0.717) is 0 Å². The second-order valence-electron chi connectivity index (χ2n) is 5.34. The van der Waals surface area contributed by atoms with Crippen molar-refractivity contribution in [2.45, 2.75) is 32.8 Å². The smallest absolute Gasteiger partial charge is 0.434 e. The van der Waals surface area contributed by atoms with Crippen molar-refractivity contribution in [2.75, 3.05) is 7.11 Å². The van der Waals surface area contributed by atoms with Gasteiger partial charge in [-0.3, -0.25) is 0 Å². The van der Waals surface area contributed by atoms with Gasteiger partial charge in [-0.05, 0) is 38.5 Å². The molecule has 0 radical (unpaired) electrons. The van der Waals surface area contributed by atoms with Crippen LogP contribution in [-0.4, -0.2) is 30.5 Å². The average Bonchev–Trinajstić information content (AvgIpc) is 2.34. The summed E-state index contributed by atoms with van der Waals surface area (Å²) in [4.78, 5) is 27.2. The molecular formula is C15H18BrNO4. The topological polar surface area (TPSA) is 65.0 Å². The minimum Gasteiger partial charge on any atom is -0.465 e. The molecule has 1 amide bonds. The lowest BCUT2D eigenvalue weighted by Gasteiger charge is -2.17. The Hall–Kier alpha value is -1.69. The first-order valence-corrected chi connectivity index (χ1v) is 7.14. The molecule has 6 heteroatoms. The second kappa shape index (κ2) is 7.36. The largest absolute Gasteiger partial charge is 0.465 e. The number of halogens is 1.